The smallest absolute Gasteiger partial charge is 0.315 e. The van der Waals surface area contributed by atoms with Gasteiger partial charge in [-0.2, -0.15) is 0 Å². The number of ether oxygens (including phenoxy) is 1. The van der Waals surface area contributed by atoms with E-state index >= 15 is 0 Å². The molecule has 6 nitrogen and oxygen atoms in total. The molecule has 0 aliphatic carbocycles. The van der Waals surface area contributed by atoms with Gasteiger partial charge in [0, 0.05) is 25.8 Å². The Labute approximate surface area is 120 Å². The molecule has 1 aliphatic heterocycles. The fourth-order valence-corrected chi connectivity index (χ4v) is 2.16. The van der Waals surface area contributed by atoms with E-state index in [9.17, 15) is 9.59 Å². The van der Waals surface area contributed by atoms with Crippen LogP contribution < -0.4 is 10.6 Å². The lowest BCUT2D eigenvalue weighted by Gasteiger charge is -2.30. The van der Waals surface area contributed by atoms with Gasteiger partial charge in [-0.05, 0) is 24.2 Å². The molecule has 1 saturated heterocycles. The number of rotatable bonds is 6. The summed E-state index contributed by atoms with van der Waals surface area (Å²) in [5, 5.41) is 14.4. The van der Waals surface area contributed by atoms with E-state index in [1.165, 1.54) is 0 Å². The molecule has 0 aromatic rings. The fraction of sp³-hybridized carbons (Fsp3) is 0.857. The van der Waals surface area contributed by atoms with Gasteiger partial charge in [0.05, 0.1) is 6.42 Å². The van der Waals surface area contributed by atoms with Crippen molar-refractivity contribution in [3.63, 3.8) is 0 Å². The Morgan fingerprint density at radius 1 is 1.40 bits per heavy atom. The first-order chi connectivity index (χ1) is 9.29. The summed E-state index contributed by atoms with van der Waals surface area (Å²) < 4.78 is 5.27. The molecule has 0 bridgehead atoms. The zero-order chi connectivity index (χ0) is 15.2. The van der Waals surface area contributed by atoms with E-state index in [-0.39, 0.29) is 17.9 Å². The molecule has 20 heavy (non-hydrogen) atoms. The SMILES string of the molecule is CC(C)(C)C(CC(=O)O)NC(=O)NCCC1CCOC1. The van der Waals surface area contributed by atoms with Crippen LogP contribution in [0.4, 0.5) is 4.79 Å². The minimum Gasteiger partial charge on any atom is -0.481 e. The number of hydrogen-bond acceptors (Lipinski definition) is 3. The van der Waals surface area contributed by atoms with E-state index in [0.29, 0.717) is 12.5 Å². The molecule has 2 amide bonds. The molecule has 0 aromatic carbocycles. The molecule has 1 rings (SSSR count). The highest BCUT2D eigenvalue weighted by atomic mass is 16.5. The molecule has 2 atom stereocenters. The van der Waals surface area contributed by atoms with E-state index in [0.717, 1.165) is 26.1 Å². The van der Waals surface area contributed by atoms with Crippen molar-refractivity contribution in [2.24, 2.45) is 11.3 Å². The van der Waals surface area contributed by atoms with E-state index < -0.39 is 12.0 Å². The Morgan fingerprint density at radius 3 is 2.60 bits per heavy atom. The number of carbonyl (C=O) groups excluding carboxylic acids is 1. The maximum atomic E-state index is 11.8. The Bertz CT molecular complexity index is 333. The van der Waals surface area contributed by atoms with Gasteiger partial charge in [-0.1, -0.05) is 20.8 Å². The van der Waals surface area contributed by atoms with Gasteiger partial charge in [-0.3, -0.25) is 4.79 Å². The highest BCUT2D eigenvalue weighted by Crippen LogP contribution is 2.21. The van der Waals surface area contributed by atoms with Gasteiger partial charge in [0.2, 0.25) is 0 Å². The van der Waals surface area contributed by atoms with E-state index in [1.54, 1.807) is 0 Å². The van der Waals surface area contributed by atoms with Crippen molar-refractivity contribution in [3.05, 3.63) is 0 Å². The van der Waals surface area contributed by atoms with Crippen LogP contribution in [0.5, 0.6) is 0 Å². The molecule has 0 saturated carbocycles. The minimum absolute atomic E-state index is 0.0760. The highest BCUT2D eigenvalue weighted by Gasteiger charge is 2.28. The van der Waals surface area contributed by atoms with Crippen molar-refractivity contribution in [1.82, 2.24) is 10.6 Å². The van der Waals surface area contributed by atoms with Gasteiger partial charge in [0.25, 0.3) is 0 Å². The third kappa shape index (κ3) is 6.23. The number of aliphatic carboxylic acids is 1. The zero-order valence-corrected chi connectivity index (χ0v) is 12.6. The maximum absolute atomic E-state index is 11.8. The highest BCUT2D eigenvalue weighted by molar-refractivity contribution is 5.75. The summed E-state index contributed by atoms with van der Waals surface area (Å²) in [4.78, 5) is 22.6. The predicted octanol–water partition coefficient (Wildman–Crippen LogP) is 1.60. The molecule has 1 heterocycles. The first-order valence-corrected chi connectivity index (χ1v) is 7.13. The second kappa shape index (κ2) is 7.47. The fourth-order valence-electron chi connectivity index (χ4n) is 2.16. The van der Waals surface area contributed by atoms with Crippen LogP contribution in [-0.4, -0.2) is 42.9 Å². The van der Waals surface area contributed by atoms with Crippen molar-refractivity contribution in [2.75, 3.05) is 19.8 Å². The zero-order valence-electron chi connectivity index (χ0n) is 12.6. The predicted molar refractivity (Wildman–Crippen MR) is 75.6 cm³/mol. The standard InChI is InChI=1S/C14H26N2O4/c1-14(2,3)11(8-12(17)18)16-13(19)15-6-4-10-5-7-20-9-10/h10-11H,4-9H2,1-3H3,(H,17,18)(H2,15,16,19). The Balaban J connectivity index is 2.31. The Kier molecular flexibility index (Phi) is 6.26. The third-order valence-corrected chi connectivity index (χ3v) is 3.59. The van der Waals surface area contributed by atoms with E-state index in [4.69, 9.17) is 9.84 Å². The van der Waals surface area contributed by atoms with Gasteiger partial charge in [-0.25, -0.2) is 4.79 Å². The minimum atomic E-state index is -0.909. The first-order valence-electron chi connectivity index (χ1n) is 7.13. The van der Waals surface area contributed by atoms with Crippen molar-refractivity contribution < 1.29 is 19.4 Å². The van der Waals surface area contributed by atoms with Crippen molar-refractivity contribution >= 4 is 12.0 Å². The normalized spacial score (nSPS) is 20.4. The summed E-state index contributed by atoms with van der Waals surface area (Å²) in [5.41, 5.74) is -0.297. The van der Waals surface area contributed by atoms with Crippen LogP contribution in [0.15, 0.2) is 0 Å². The number of hydrogen-bond donors (Lipinski definition) is 3. The second-order valence-electron chi connectivity index (χ2n) is 6.44. The van der Waals surface area contributed by atoms with Crippen LogP contribution in [0.1, 0.15) is 40.0 Å². The summed E-state index contributed by atoms with van der Waals surface area (Å²) >= 11 is 0. The molecular formula is C14H26N2O4. The summed E-state index contributed by atoms with van der Waals surface area (Å²) in [5.74, 6) is -0.388. The quantitative estimate of drug-likeness (QED) is 0.692. The van der Waals surface area contributed by atoms with Gasteiger partial charge in [0.1, 0.15) is 0 Å². The molecule has 0 spiro atoms. The van der Waals surface area contributed by atoms with Crippen LogP contribution in [0, 0.1) is 11.3 Å². The molecule has 6 heteroatoms. The molecule has 0 aromatic heterocycles. The molecular weight excluding hydrogens is 260 g/mol. The molecule has 3 N–H and O–H groups in total. The lowest BCUT2D eigenvalue weighted by Crippen LogP contribution is -2.49. The lowest BCUT2D eigenvalue weighted by molar-refractivity contribution is -0.138. The molecule has 1 aliphatic rings. The topological polar surface area (TPSA) is 87.7 Å². The van der Waals surface area contributed by atoms with Crippen LogP contribution in [0.3, 0.4) is 0 Å². The lowest BCUT2D eigenvalue weighted by atomic mass is 9.85. The monoisotopic (exact) mass is 286 g/mol. The number of nitrogens with one attached hydrogen (secondary N) is 2. The molecule has 2 unspecified atom stereocenters. The average molecular weight is 286 g/mol. The number of amides is 2. The Morgan fingerprint density at radius 2 is 2.10 bits per heavy atom. The van der Waals surface area contributed by atoms with Gasteiger partial charge in [0.15, 0.2) is 0 Å². The first kappa shape index (κ1) is 16.8. The summed E-state index contributed by atoms with van der Waals surface area (Å²) in [6.07, 6.45) is 1.87. The van der Waals surface area contributed by atoms with Crippen LogP contribution >= 0.6 is 0 Å². The van der Waals surface area contributed by atoms with Crippen molar-refractivity contribution in [3.8, 4) is 0 Å². The van der Waals surface area contributed by atoms with E-state index in [2.05, 4.69) is 10.6 Å². The summed E-state index contributed by atoms with van der Waals surface area (Å²) in [6, 6.07) is -0.695. The van der Waals surface area contributed by atoms with Gasteiger partial charge in [-0.15, -0.1) is 0 Å². The van der Waals surface area contributed by atoms with Crippen LogP contribution in [0.25, 0.3) is 0 Å². The molecule has 1 fully saturated rings. The van der Waals surface area contributed by atoms with Crippen LogP contribution in [0.2, 0.25) is 0 Å². The molecule has 116 valence electrons. The van der Waals surface area contributed by atoms with Gasteiger partial charge < -0.3 is 20.5 Å². The number of urea groups is 1. The summed E-state index contributed by atoms with van der Waals surface area (Å²) in [6.45, 7) is 7.91. The Hall–Kier alpha value is -1.30. The van der Waals surface area contributed by atoms with E-state index in [1.807, 2.05) is 20.8 Å². The second-order valence-corrected chi connectivity index (χ2v) is 6.44. The largest absolute Gasteiger partial charge is 0.481 e. The average Bonchev–Trinajstić information content (AvgIpc) is 2.79. The van der Waals surface area contributed by atoms with Crippen molar-refractivity contribution in [2.45, 2.75) is 46.1 Å². The van der Waals surface area contributed by atoms with Crippen LogP contribution in [-0.2, 0) is 9.53 Å². The number of carboxylic acid groups (broad SMARTS) is 1. The summed E-state index contributed by atoms with van der Waals surface area (Å²) in [7, 11) is 0. The molecule has 0 radical (unpaired) electrons. The van der Waals surface area contributed by atoms with Gasteiger partial charge >= 0.3 is 12.0 Å². The maximum Gasteiger partial charge on any atom is 0.315 e. The third-order valence-electron chi connectivity index (χ3n) is 3.59. The number of carboxylic acids is 1. The number of carbonyl (C=O) groups is 2. The van der Waals surface area contributed by atoms with Crippen molar-refractivity contribution in [1.29, 1.82) is 0 Å².